The van der Waals surface area contributed by atoms with E-state index in [-0.39, 0.29) is 17.5 Å². The van der Waals surface area contributed by atoms with Crippen molar-refractivity contribution in [2.45, 2.75) is 25.6 Å². The number of anilines is 2. The van der Waals surface area contributed by atoms with Crippen LogP contribution in [0.2, 0.25) is 0 Å². The van der Waals surface area contributed by atoms with Crippen molar-refractivity contribution in [1.82, 2.24) is 0 Å². The molecule has 0 aliphatic carbocycles. The Hall–Kier alpha value is -3.29. The van der Waals surface area contributed by atoms with Gasteiger partial charge < -0.3 is 15.0 Å². The van der Waals surface area contributed by atoms with E-state index in [1.54, 1.807) is 39.1 Å². The van der Waals surface area contributed by atoms with Crippen molar-refractivity contribution in [2.24, 2.45) is 0 Å². The van der Waals surface area contributed by atoms with Crippen molar-refractivity contribution in [3.8, 4) is 5.75 Å². The minimum Gasteiger partial charge on any atom is -0.476 e. The molecule has 8 heteroatoms. The lowest BCUT2D eigenvalue weighted by atomic mass is 10.0. The number of alkyl halides is 3. The number of nitrogens with one attached hydrogen (secondary N) is 1. The van der Waals surface area contributed by atoms with E-state index in [1.165, 1.54) is 29.2 Å². The van der Waals surface area contributed by atoms with Crippen LogP contribution in [-0.2, 0) is 4.79 Å². The van der Waals surface area contributed by atoms with E-state index < -0.39 is 17.7 Å². The lowest BCUT2D eigenvalue weighted by Crippen LogP contribution is -2.50. The number of benzene rings is 2. The standard InChI is InChI=1S/C21H19F3N2O3/c1-20(2)19(28)26(3)16-12-15(8-9-17(16)29-20)25-18(27)14-6-4-13(5-7-14)10-11-21(22,23)24/h4-12H,1-3H3,(H,25,27)/b11-10+. The predicted octanol–water partition coefficient (Wildman–Crippen LogP) is 4.65. The maximum Gasteiger partial charge on any atom is 0.409 e. The van der Waals surface area contributed by atoms with E-state index in [0.717, 1.165) is 6.08 Å². The Morgan fingerprint density at radius 2 is 1.79 bits per heavy atom. The topological polar surface area (TPSA) is 58.6 Å². The Bertz CT molecular complexity index is 980. The van der Waals surface area contributed by atoms with Crippen LogP contribution >= 0.6 is 0 Å². The van der Waals surface area contributed by atoms with Crippen LogP contribution in [0.5, 0.6) is 5.75 Å². The van der Waals surface area contributed by atoms with E-state index in [4.69, 9.17) is 4.74 Å². The van der Waals surface area contributed by atoms with Crippen LogP contribution in [0.15, 0.2) is 48.5 Å². The van der Waals surface area contributed by atoms with E-state index in [2.05, 4.69) is 5.32 Å². The van der Waals surface area contributed by atoms with Gasteiger partial charge in [0.25, 0.3) is 11.8 Å². The molecule has 0 spiro atoms. The molecular formula is C21H19F3N2O3. The molecule has 0 saturated heterocycles. The summed E-state index contributed by atoms with van der Waals surface area (Å²) in [6.45, 7) is 3.36. The first-order chi connectivity index (χ1) is 13.5. The number of halogens is 3. The molecular weight excluding hydrogens is 385 g/mol. The molecule has 0 radical (unpaired) electrons. The number of allylic oxidation sites excluding steroid dienone is 1. The molecule has 1 aliphatic rings. The highest BCUT2D eigenvalue weighted by Crippen LogP contribution is 2.38. The van der Waals surface area contributed by atoms with Crippen LogP contribution in [0.25, 0.3) is 6.08 Å². The van der Waals surface area contributed by atoms with Gasteiger partial charge in [-0.15, -0.1) is 0 Å². The molecule has 29 heavy (non-hydrogen) atoms. The molecule has 0 bridgehead atoms. The van der Waals surface area contributed by atoms with Crippen LogP contribution < -0.4 is 15.0 Å². The summed E-state index contributed by atoms with van der Waals surface area (Å²) in [5, 5.41) is 2.71. The third kappa shape index (κ3) is 4.59. The Kier molecular flexibility index (Phi) is 5.13. The van der Waals surface area contributed by atoms with E-state index in [9.17, 15) is 22.8 Å². The largest absolute Gasteiger partial charge is 0.476 e. The third-order valence-corrected chi connectivity index (χ3v) is 4.40. The summed E-state index contributed by atoms with van der Waals surface area (Å²) >= 11 is 0. The second-order valence-electron chi connectivity index (χ2n) is 7.11. The molecule has 0 unspecified atom stereocenters. The molecule has 0 aromatic heterocycles. The molecule has 3 rings (SSSR count). The normalized spacial score (nSPS) is 15.8. The number of hydrogen-bond acceptors (Lipinski definition) is 3. The number of likely N-dealkylation sites (N-methyl/N-ethyl adjacent to an activating group) is 1. The van der Waals surface area contributed by atoms with Gasteiger partial charge in [0, 0.05) is 24.4 Å². The molecule has 1 heterocycles. The van der Waals surface area contributed by atoms with Gasteiger partial charge in [-0.1, -0.05) is 18.2 Å². The summed E-state index contributed by atoms with van der Waals surface area (Å²) < 4.78 is 42.4. The Labute approximate surface area is 165 Å². The average Bonchev–Trinajstić information content (AvgIpc) is 2.65. The van der Waals surface area contributed by atoms with Crippen LogP contribution in [0.1, 0.15) is 29.8 Å². The highest BCUT2D eigenvalue weighted by atomic mass is 19.4. The van der Waals surface area contributed by atoms with Gasteiger partial charge in [0.2, 0.25) is 0 Å². The Balaban J connectivity index is 1.75. The van der Waals surface area contributed by atoms with Crippen molar-refractivity contribution >= 4 is 29.3 Å². The highest BCUT2D eigenvalue weighted by molar-refractivity contribution is 6.06. The van der Waals surface area contributed by atoms with Crippen molar-refractivity contribution in [2.75, 3.05) is 17.3 Å². The molecule has 0 saturated carbocycles. The number of fused-ring (bicyclic) bond motifs is 1. The van der Waals surface area contributed by atoms with E-state index >= 15 is 0 Å². The number of nitrogens with zero attached hydrogens (tertiary/aromatic N) is 1. The molecule has 152 valence electrons. The van der Waals surface area contributed by atoms with Gasteiger partial charge in [-0.3, -0.25) is 9.59 Å². The third-order valence-electron chi connectivity index (χ3n) is 4.40. The van der Waals surface area contributed by atoms with Crippen molar-refractivity contribution in [1.29, 1.82) is 0 Å². The number of ether oxygens (including phenoxy) is 1. The predicted molar refractivity (Wildman–Crippen MR) is 104 cm³/mol. The van der Waals surface area contributed by atoms with Gasteiger partial charge in [0.15, 0.2) is 5.60 Å². The fourth-order valence-corrected chi connectivity index (χ4v) is 2.91. The lowest BCUT2D eigenvalue weighted by Gasteiger charge is -2.37. The monoisotopic (exact) mass is 404 g/mol. The summed E-state index contributed by atoms with van der Waals surface area (Å²) in [6, 6.07) is 10.7. The van der Waals surface area contributed by atoms with E-state index in [0.29, 0.717) is 22.7 Å². The SMILES string of the molecule is CN1C(=O)C(C)(C)Oc2ccc(NC(=O)c3ccc(/C=C/C(F)(F)F)cc3)cc21. The maximum absolute atomic E-state index is 12.4. The first-order valence-corrected chi connectivity index (χ1v) is 8.75. The highest BCUT2D eigenvalue weighted by Gasteiger charge is 2.39. The molecule has 2 aromatic carbocycles. The Morgan fingerprint density at radius 3 is 2.41 bits per heavy atom. The number of carbonyl (C=O) groups is 2. The smallest absolute Gasteiger partial charge is 0.409 e. The van der Waals surface area contributed by atoms with Crippen LogP contribution in [0, 0.1) is 0 Å². The van der Waals surface area contributed by atoms with Gasteiger partial charge in [-0.25, -0.2) is 0 Å². The zero-order chi connectivity index (χ0) is 21.4. The minimum absolute atomic E-state index is 0.135. The molecule has 5 nitrogen and oxygen atoms in total. The Morgan fingerprint density at radius 1 is 1.14 bits per heavy atom. The first kappa shape index (κ1) is 20.4. The van der Waals surface area contributed by atoms with Crippen LogP contribution in [0.4, 0.5) is 24.5 Å². The van der Waals surface area contributed by atoms with Crippen molar-refractivity contribution < 1.29 is 27.5 Å². The molecule has 2 aromatic rings. The van der Waals surface area contributed by atoms with Crippen molar-refractivity contribution in [3.05, 3.63) is 59.7 Å². The number of amides is 2. The lowest BCUT2D eigenvalue weighted by molar-refractivity contribution is -0.132. The van der Waals surface area contributed by atoms with Gasteiger partial charge in [0.05, 0.1) is 5.69 Å². The van der Waals surface area contributed by atoms with Gasteiger partial charge in [-0.2, -0.15) is 13.2 Å². The zero-order valence-electron chi connectivity index (χ0n) is 16.0. The fourth-order valence-electron chi connectivity index (χ4n) is 2.91. The summed E-state index contributed by atoms with van der Waals surface area (Å²) in [7, 11) is 1.63. The molecule has 0 fully saturated rings. The number of carbonyl (C=O) groups excluding carboxylic acids is 2. The fraction of sp³-hybridized carbons (Fsp3) is 0.238. The van der Waals surface area contributed by atoms with Crippen LogP contribution in [-0.4, -0.2) is 30.6 Å². The minimum atomic E-state index is -4.39. The van der Waals surface area contributed by atoms with Gasteiger partial charge >= 0.3 is 6.18 Å². The van der Waals surface area contributed by atoms with Crippen molar-refractivity contribution in [3.63, 3.8) is 0 Å². The van der Waals surface area contributed by atoms with Gasteiger partial charge in [0.1, 0.15) is 5.75 Å². The summed E-state index contributed by atoms with van der Waals surface area (Å²) in [6.07, 6.45) is -3.33. The number of hydrogen-bond donors (Lipinski definition) is 1. The average molecular weight is 404 g/mol. The summed E-state index contributed by atoms with van der Waals surface area (Å²) in [5.41, 5.74) is 0.619. The second-order valence-corrected chi connectivity index (χ2v) is 7.11. The maximum atomic E-state index is 12.4. The van der Waals surface area contributed by atoms with Crippen LogP contribution in [0.3, 0.4) is 0 Å². The zero-order valence-corrected chi connectivity index (χ0v) is 16.0. The summed E-state index contributed by atoms with van der Waals surface area (Å²) in [5.74, 6) is -0.116. The van der Waals surface area contributed by atoms with E-state index in [1.807, 2.05) is 0 Å². The molecule has 1 N–H and O–H groups in total. The molecule has 0 atom stereocenters. The first-order valence-electron chi connectivity index (χ1n) is 8.75. The second kappa shape index (κ2) is 7.27. The molecule has 2 amide bonds. The van der Waals surface area contributed by atoms with Gasteiger partial charge in [-0.05, 0) is 49.7 Å². The summed E-state index contributed by atoms with van der Waals surface area (Å²) in [4.78, 5) is 26.3. The quantitative estimate of drug-likeness (QED) is 0.810. The number of rotatable bonds is 3. The molecule has 1 aliphatic heterocycles.